The molecule has 140 valence electrons. The van der Waals surface area contributed by atoms with Gasteiger partial charge in [-0.2, -0.15) is 5.10 Å². The van der Waals surface area contributed by atoms with E-state index in [-0.39, 0.29) is 22.8 Å². The Hall–Kier alpha value is -2.89. The van der Waals surface area contributed by atoms with E-state index < -0.39 is 5.97 Å². The van der Waals surface area contributed by atoms with Gasteiger partial charge in [-0.25, -0.2) is 10.2 Å². The Morgan fingerprint density at radius 2 is 2.15 bits per heavy atom. The van der Waals surface area contributed by atoms with Crippen LogP contribution in [0.2, 0.25) is 0 Å². The number of hydrogen-bond acceptors (Lipinski definition) is 4. The van der Waals surface area contributed by atoms with E-state index in [1.165, 1.54) is 25.1 Å². The number of aromatic carboxylic acids is 1. The van der Waals surface area contributed by atoms with Gasteiger partial charge in [0, 0.05) is 11.5 Å². The van der Waals surface area contributed by atoms with Crippen LogP contribution in [0.5, 0.6) is 0 Å². The lowest BCUT2D eigenvalue weighted by Gasteiger charge is -2.15. The molecule has 6 heteroatoms. The maximum Gasteiger partial charge on any atom is 0.335 e. The molecule has 2 aromatic rings. The van der Waals surface area contributed by atoms with Crippen LogP contribution in [-0.4, -0.2) is 23.2 Å². The van der Waals surface area contributed by atoms with Crippen molar-refractivity contribution in [1.82, 2.24) is 5.43 Å². The van der Waals surface area contributed by atoms with Crippen LogP contribution in [0.4, 0.5) is 0 Å². The Balaban J connectivity index is 1.39. The Morgan fingerprint density at radius 1 is 1.30 bits per heavy atom. The van der Waals surface area contributed by atoms with Crippen molar-refractivity contribution in [3.8, 4) is 11.3 Å². The molecule has 2 aliphatic carbocycles. The van der Waals surface area contributed by atoms with Crippen molar-refractivity contribution in [2.45, 2.75) is 32.6 Å². The number of carbonyl (C=O) groups excluding carboxylic acids is 1. The summed E-state index contributed by atoms with van der Waals surface area (Å²) in [6.45, 7) is 2.20. The summed E-state index contributed by atoms with van der Waals surface area (Å²) >= 11 is 0. The number of fused-ring (bicyclic) bond motifs is 1. The fourth-order valence-electron chi connectivity index (χ4n) is 4.46. The van der Waals surface area contributed by atoms with E-state index in [2.05, 4.69) is 17.5 Å². The predicted molar refractivity (Wildman–Crippen MR) is 100 cm³/mol. The number of nitrogens with one attached hydrogen (secondary N) is 1. The molecule has 6 nitrogen and oxygen atoms in total. The van der Waals surface area contributed by atoms with Crippen LogP contribution in [0.15, 0.2) is 45.9 Å². The van der Waals surface area contributed by atoms with Gasteiger partial charge >= 0.3 is 5.97 Å². The lowest BCUT2D eigenvalue weighted by Crippen LogP contribution is -2.22. The minimum absolute atomic E-state index is 0.0124. The summed E-state index contributed by atoms with van der Waals surface area (Å²) in [5, 5.41) is 13.1. The monoisotopic (exact) mass is 366 g/mol. The van der Waals surface area contributed by atoms with E-state index >= 15 is 0 Å². The van der Waals surface area contributed by atoms with Gasteiger partial charge in [-0.15, -0.1) is 0 Å². The first kappa shape index (κ1) is 17.5. The number of carbonyl (C=O) groups is 2. The van der Waals surface area contributed by atoms with E-state index in [1.54, 1.807) is 30.3 Å². The highest BCUT2D eigenvalue weighted by Crippen LogP contribution is 2.66. The Kier molecular flexibility index (Phi) is 4.34. The first-order valence-electron chi connectivity index (χ1n) is 9.25. The molecular weight excluding hydrogens is 344 g/mol. The van der Waals surface area contributed by atoms with Crippen LogP contribution >= 0.6 is 0 Å². The first-order chi connectivity index (χ1) is 13.0. The van der Waals surface area contributed by atoms with Gasteiger partial charge in [0.15, 0.2) is 0 Å². The van der Waals surface area contributed by atoms with Crippen molar-refractivity contribution < 1.29 is 19.1 Å². The fraction of sp³-hybridized carbons (Fsp3) is 0.381. The van der Waals surface area contributed by atoms with E-state index in [9.17, 15) is 9.59 Å². The molecule has 1 aromatic carbocycles. The van der Waals surface area contributed by atoms with Crippen LogP contribution in [0.3, 0.4) is 0 Å². The molecule has 2 aliphatic rings. The molecule has 2 N–H and O–H groups in total. The van der Waals surface area contributed by atoms with Gasteiger partial charge in [-0.05, 0) is 48.4 Å². The van der Waals surface area contributed by atoms with Crippen LogP contribution in [0.1, 0.15) is 48.7 Å². The van der Waals surface area contributed by atoms with Crippen molar-refractivity contribution in [2.24, 2.45) is 22.4 Å². The lowest BCUT2D eigenvalue weighted by molar-refractivity contribution is -0.123. The number of benzene rings is 1. The van der Waals surface area contributed by atoms with Crippen molar-refractivity contribution >= 4 is 18.1 Å². The summed E-state index contributed by atoms with van der Waals surface area (Å²) in [5.41, 5.74) is 3.67. The second-order valence-corrected chi connectivity index (χ2v) is 7.66. The summed E-state index contributed by atoms with van der Waals surface area (Å²) in [6.07, 6.45) is 6.15. The Bertz CT molecular complexity index is 916. The van der Waals surface area contributed by atoms with E-state index in [0.717, 1.165) is 12.8 Å². The topological polar surface area (TPSA) is 91.9 Å². The maximum absolute atomic E-state index is 12.4. The number of nitrogens with zero attached hydrogens (tertiary/aromatic N) is 1. The molecular formula is C21H22N2O4. The summed E-state index contributed by atoms with van der Waals surface area (Å²) in [4.78, 5) is 23.5. The van der Waals surface area contributed by atoms with E-state index in [4.69, 9.17) is 9.52 Å². The minimum atomic E-state index is -0.984. The molecule has 2 fully saturated rings. The fourth-order valence-corrected chi connectivity index (χ4v) is 4.46. The van der Waals surface area contributed by atoms with Crippen molar-refractivity contribution in [3.63, 3.8) is 0 Å². The molecule has 4 rings (SSSR count). The molecule has 0 unspecified atom stereocenters. The Labute approximate surface area is 157 Å². The van der Waals surface area contributed by atoms with Crippen LogP contribution in [-0.2, 0) is 4.79 Å². The smallest absolute Gasteiger partial charge is 0.335 e. The highest BCUT2D eigenvalue weighted by Gasteiger charge is 2.64. The third-order valence-corrected chi connectivity index (χ3v) is 6.00. The van der Waals surface area contributed by atoms with Gasteiger partial charge in [0.1, 0.15) is 11.5 Å². The SMILES string of the molecule is C[C@]12CCCC[C@H]1[C@H]2C(=O)N/N=C/c1ccc(-c2cccc(C(=O)O)c2)o1. The van der Waals surface area contributed by atoms with Gasteiger partial charge < -0.3 is 9.52 Å². The average molecular weight is 366 g/mol. The van der Waals surface area contributed by atoms with Crippen molar-refractivity contribution in [1.29, 1.82) is 0 Å². The molecule has 1 heterocycles. The number of hydrazone groups is 1. The second kappa shape index (κ2) is 6.68. The lowest BCUT2D eigenvalue weighted by atomic mass is 9.90. The zero-order valence-corrected chi connectivity index (χ0v) is 15.1. The van der Waals surface area contributed by atoms with Gasteiger partial charge in [0.2, 0.25) is 5.91 Å². The number of carboxylic acids is 1. The number of hydrogen-bond donors (Lipinski definition) is 2. The molecule has 0 aliphatic heterocycles. The molecule has 27 heavy (non-hydrogen) atoms. The molecule has 1 aromatic heterocycles. The molecule has 1 amide bonds. The third-order valence-electron chi connectivity index (χ3n) is 6.00. The van der Waals surface area contributed by atoms with Gasteiger partial charge in [0.05, 0.1) is 11.8 Å². The second-order valence-electron chi connectivity index (χ2n) is 7.66. The number of carboxylic acid groups (broad SMARTS) is 1. The number of amides is 1. The van der Waals surface area contributed by atoms with E-state index in [0.29, 0.717) is 23.0 Å². The molecule has 0 spiro atoms. The summed E-state index contributed by atoms with van der Waals surface area (Å²) in [7, 11) is 0. The third kappa shape index (κ3) is 3.27. The zero-order chi connectivity index (χ0) is 19.0. The quantitative estimate of drug-likeness (QED) is 0.620. The van der Waals surface area contributed by atoms with Crippen LogP contribution in [0.25, 0.3) is 11.3 Å². The maximum atomic E-state index is 12.4. The molecule has 2 saturated carbocycles. The van der Waals surface area contributed by atoms with Gasteiger partial charge in [-0.1, -0.05) is 31.9 Å². The largest absolute Gasteiger partial charge is 0.478 e. The molecule has 0 bridgehead atoms. The minimum Gasteiger partial charge on any atom is -0.478 e. The van der Waals surface area contributed by atoms with Gasteiger partial charge in [0.25, 0.3) is 0 Å². The van der Waals surface area contributed by atoms with Crippen molar-refractivity contribution in [2.75, 3.05) is 0 Å². The van der Waals surface area contributed by atoms with Crippen molar-refractivity contribution in [3.05, 3.63) is 47.7 Å². The summed E-state index contributed by atoms with van der Waals surface area (Å²) in [5.74, 6) is 0.613. The van der Waals surface area contributed by atoms with Crippen LogP contribution in [0, 0.1) is 17.3 Å². The molecule has 0 saturated heterocycles. The highest BCUT2D eigenvalue weighted by atomic mass is 16.4. The number of rotatable bonds is 5. The first-order valence-corrected chi connectivity index (χ1v) is 9.25. The molecule has 3 atom stereocenters. The zero-order valence-electron chi connectivity index (χ0n) is 15.1. The van der Waals surface area contributed by atoms with Crippen LogP contribution < -0.4 is 5.43 Å². The van der Waals surface area contributed by atoms with Gasteiger partial charge in [-0.3, -0.25) is 4.79 Å². The Morgan fingerprint density at radius 3 is 2.89 bits per heavy atom. The summed E-state index contributed by atoms with van der Waals surface area (Å²) < 4.78 is 5.68. The predicted octanol–water partition coefficient (Wildman–Crippen LogP) is 3.92. The number of furan rings is 1. The summed E-state index contributed by atoms with van der Waals surface area (Å²) in [6, 6.07) is 10.0. The standard InChI is InChI=1S/C21H22N2O4/c1-21-10-3-2-7-16(21)18(21)19(24)23-22-12-15-8-9-17(27-15)13-5-4-6-14(11-13)20(25)26/h4-6,8-9,11-12,16,18H,2-3,7,10H2,1H3,(H,23,24)(H,25,26)/b22-12+/t16-,18-,21-/m0/s1. The average Bonchev–Trinajstić information content (AvgIpc) is 3.03. The highest BCUT2D eigenvalue weighted by molar-refractivity contribution is 5.89. The van der Waals surface area contributed by atoms with E-state index in [1.807, 2.05) is 0 Å². The molecule has 0 radical (unpaired) electrons. The normalized spacial score (nSPS) is 26.6.